The Labute approximate surface area is 218 Å². The number of hydrogen-bond acceptors (Lipinski definition) is 8. The molecule has 10 nitrogen and oxygen atoms in total. The summed E-state index contributed by atoms with van der Waals surface area (Å²) in [6, 6.07) is 14.9. The van der Waals surface area contributed by atoms with Gasteiger partial charge in [-0.15, -0.1) is 0 Å². The first-order valence-electron chi connectivity index (χ1n) is 11.3. The number of nitrogens with zero attached hydrogens (tertiary/aromatic N) is 4. The molecule has 1 saturated heterocycles. The smallest absolute Gasteiger partial charge is 0.236 e. The second-order valence-electron chi connectivity index (χ2n) is 8.57. The van der Waals surface area contributed by atoms with Crippen LogP contribution in [-0.2, 0) is 21.4 Å². The molecule has 2 aromatic heterocycles. The monoisotopic (exact) mass is 539 g/mol. The van der Waals surface area contributed by atoms with Crippen molar-refractivity contribution in [3.63, 3.8) is 0 Å². The normalized spacial score (nSPS) is 13.6. The Balaban J connectivity index is 1.33. The van der Waals surface area contributed by atoms with Crippen LogP contribution >= 0.6 is 11.6 Å². The summed E-state index contributed by atoms with van der Waals surface area (Å²) in [5.74, 6) is 1.29. The summed E-state index contributed by atoms with van der Waals surface area (Å²) in [5, 5.41) is 11.0. The van der Waals surface area contributed by atoms with Gasteiger partial charge >= 0.3 is 0 Å². The molecule has 0 bridgehead atoms. The maximum absolute atomic E-state index is 11.4. The first-order chi connectivity index (χ1) is 17.8. The van der Waals surface area contributed by atoms with E-state index >= 15 is 0 Å². The number of sulfonamides is 1. The van der Waals surface area contributed by atoms with Gasteiger partial charge in [0.1, 0.15) is 18.4 Å². The molecule has 12 heteroatoms. The molecule has 0 saturated carbocycles. The van der Waals surface area contributed by atoms with Crippen molar-refractivity contribution in [2.24, 2.45) is 5.92 Å². The van der Waals surface area contributed by atoms with Crippen molar-refractivity contribution in [3.05, 3.63) is 71.1 Å². The van der Waals surface area contributed by atoms with Gasteiger partial charge in [-0.3, -0.25) is 4.72 Å². The third-order valence-corrected chi connectivity index (χ3v) is 6.47. The van der Waals surface area contributed by atoms with Gasteiger partial charge in [0.25, 0.3) is 0 Å². The highest BCUT2D eigenvalue weighted by Crippen LogP contribution is 2.34. The Bertz CT molecular complexity index is 1610. The van der Waals surface area contributed by atoms with E-state index in [0.29, 0.717) is 53.5 Å². The van der Waals surface area contributed by atoms with Crippen LogP contribution < -0.4 is 14.2 Å². The van der Waals surface area contributed by atoms with Crippen LogP contribution in [0.25, 0.3) is 16.6 Å². The maximum atomic E-state index is 11.4. The van der Waals surface area contributed by atoms with Crippen molar-refractivity contribution in [2.45, 2.75) is 6.61 Å². The van der Waals surface area contributed by atoms with Gasteiger partial charge in [0, 0.05) is 29.4 Å². The fourth-order valence-corrected chi connectivity index (χ4v) is 4.51. The van der Waals surface area contributed by atoms with Crippen molar-refractivity contribution in [3.8, 4) is 23.3 Å². The van der Waals surface area contributed by atoms with E-state index in [2.05, 4.69) is 20.8 Å². The second-order valence-corrected chi connectivity index (χ2v) is 10.7. The summed E-state index contributed by atoms with van der Waals surface area (Å²) in [7, 11) is -3.48. The molecule has 2 aromatic carbocycles. The second kappa shape index (κ2) is 10.3. The minimum atomic E-state index is -3.48. The highest BCUT2D eigenvalue weighted by Gasteiger charge is 2.21. The average Bonchev–Trinajstić information content (AvgIpc) is 3.25. The number of halogens is 1. The van der Waals surface area contributed by atoms with Gasteiger partial charge in [0.05, 0.1) is 47.9 Å². The largest absolute Gasteiger partial charge is 0.490 e. The zero-order chi connectivity index (χ0) is 26.0. The van der Waals surface area contributed by atoms with E-state index in [1.165, 1.54) is 6.20 Å². The number of rotatable bonds is 9. The molecule has 5 rings (SSSR count). The third kappa shape index (κ3) is 5.77. The summed E-state index contributed by atoms with van der Waals surface area (Å²) in [4.78, 5) is 8.05. The van der Waals surface area contributed by atoms with E-state index < -0.39 is 10.0 Å². The molecule has 0 radical (unpaired) electrons. The van der Waals surface area contributed by atoms with E-state index in [0.717, 1.165) is 22.8 Å². The first-order valence-corrected chi connectivity index (χ1v) is 13.5. The zero-order valence-electron chi connectivity index (χ0n) is 19.7. The third-order valence-electron chi connectivity index (χ3n) is 5.64. The molecule has 37 heavy (non-hydrogen) atoms. The van der Waals surface area contributed by atoms with Gasteiger partial charge in [-0.1, -0.05) is 11.6 Å². The first kappa shape index (κ1) is 24.8. The fourth-order valence-electron chi connectivity index (χ4n) is 3.81. The van der Waals surface area contributed by atoms with Gasteiger partial charge in [0.2, 0.25) is 16.0 Å². The summed E-state index contributed by atoms with van der Waals surface area (Å²) >= 11 is 6.51. The molecule has 1 aliphatic heterocycles. The van der Waals surface area contributed by atoms with Crippen molar-refractivity contribution in [2.75, 3.05) is 30.8 Å². The van der Waals surface area contributed by atoms with Crippen LogP contribution in [0.2, 0.25) is 5.02 Å². The van der Waals surface area contributed by atoms with Crippen LogP contribution in [0, 0.1) is 17.2 Å². The lowest BCUT2D eigenvalue weighted by Crippen LogP contribution is -2.32. The number of aromatic nitrogens is 3. The summed E-state index contributed by atoms with van der Waals surface area (Å²) in [6.07, 6.45) is 4.38. The number of nitriles is 1. The molecule has 0 amide bonds. The molecule has 1 N–H and O–H groups in total. The highest BCUT2D eigenvalue weighted by atomic mass is 35.5. The maximum Gasteiger partial charge on any atom is 0.236 e. The van der Waals surface area contributed by atoms with Gasteiger partial charge in [-0.25, -0.2) is 18.4 Å². The number of hydrogen-bond donors (Lipinski definition) is 1. The molecule has 3 heterocycles. The van der Waals surface area contributed by atoms with Gasteiger partial charge in [-0.2, -0.15) is 5.26 Å². The van der Waals surface area contributed by atoms with Crippen molar-refractivity contribution >= 4 is 38.5 Å². The predicted molar refractivity (Wildman–Crippen MR) is 138 cm³/mol. The molecule has 1 aliphatic rings. The van der Waals surface area contributed by atoms with Crippen molar-refractivity contribution < 1.29 is 22.6 Å². The van der Waals surface area contributed by atoms with E-state index in [9.17, 15) is 13.7 Å². The van der Waals surface area contributed by atoms with Gasteiger partial charge in [0.15, 0.2) is 5.75 Å². The van der Waals surface area contributed by atoms with Crippen LogP contribution in [0.15, 0.2) is 54.9 Å². The van der Waals surface area contributed by atoms with Crippen molar-refractivity contribution in [1.29, 1.82) is 5.26 Å². The molecule has 4 aromatic rings. The quantitative estimate of drug-likeness (QED) is 0.339. The number of benzene rings is 2. The molecular weight excluding hydrogens is 518 g/mol. The average molecular weight is 540 g/mol. The van der Waals surface area contributed by atoms with Crippen LogP contribution in [0.1, 0.15) is 11.3 Å². The van der Waals surface area contributed by atoms with E-state index in [1.807, 2.05) is 35.0 Å². The topological polar surface area (TPSA) is 128 Å². The molecule has 0 aliphatic carbocycles. The van der Waals surface area contributed by atoms with Gasteiger partial charge in [-0.05, 0) is 42.5 Å². The van der Waals surface area contributed by atoms with E-state index in [1.54, 1.807) is 18.2 Å². The van der Waals surface area contributed by atoms with Crippen LogP contribution in [-0.4, -0.2) is 49.0 Å². The Hall–Kier alpha value is -3.85. The molecule has 1 fully saturated rings. The SMILES string of the molecule is CS(=O)(=O)Nc1nccc(COc2ccc3c(ccn3-c3cc(Cl)c(OCC4COC4)c(C#N)c3)c2)n1. The Morgan fingerprint density at radius 3 is 2.78 bits per heavy atom. The highest BCUT2D eigenvalue weighted by molar-refractivity contribution is 7.91. The van der Waals surface area contributed by atoms with Crippen LogP contribution in [0.4, 0.5) is 5.95 Å². The number of ether oxygens (including phenoxy) is 3. The number of nitrogens with one attached hydrogen (secondary N) is 1. The van der Waals surface area contributed by atoms with Gasteiger partial charge < -0.3 is 18.8 Å². The number of fused-ring (bicyclic) bond motifs is 1. The van der Waals surface area contributed by atoms with E-state index in [-0.39, 0.29) is 12.6 Å². The predicted octanol–water partition coefficient (Wildman–Crippen LogP) is 3.92. The molecule has 0 unspecified atom stereocenters. The summed E-state index contributed by atoms with van der Waals surface area (Å²) in [5.41, 5.74) is 2.51. The Morgan fingerprint density at radius 1 is 1.22 bits per heavy atom. The molecular formula is C25H22ClN5O5S. The summed E-state index contributed by atoms with van der Waals surface area (Å²) in [6.45, 7) is 1.88. The number of anilines is 1. The van der Waals surface area contributed by atoms with Crippen LogP contribution in [0.3, 0.4) is 0 Å². The lowest BCUT2D eigenvalue weighted by Gasteiger charge is -2.26. The minimum absolute atomic E-state index is 0.0139. The van der Waals surface area contributed by atoms with Crippen molar-refractivity contribution in [1.82, 2.24) is 14.5 Å². The summed E-state index contributed by atoms with van der Waals surface area (Å²) < 4.78 is 43.8. The lowest BCUT2D eigenvalue weighted by atomic mass is 10.1. The molecule has 0 atom stereocenters. The molecule has 0 spiro atoms. The zero-order valence-corrected chi connectivity index (χ0v) is 21.3. The molecule has 190 valence electrons. The standard InChI is InChI=1S/C25H22ClN5O5S/c1-37(32,33)30-25-28-6-4-19(29-25)15-35-21-2-3-23-17(9-21)5-7-31(23)20-8-18(11-27)24(22(26)10-20)36-14-16-12-34-13-16/h2-10,16H,12-15H2,1H3,(H,28,29,30). The Kier molecular flexibility index (Phi) is 6.88. The fraction of sp³-hybridized carbons (Fsp3) is 0.240. The lowest BCUT2D eigenvalue weighted by molar-refractivity contribution is -0.0508. The van der Waals surface area contributed by atoms with E-state index in [4.69, 9.17) is 25.8 Å². The van der Waals surface area contributed by atoms with Crippen LogP contribution in [0.5, 0.6) is 11.5 Å². The Morgan fingerprint density at radius 2 is 2.05 bits per heavy atom. The minimum Gasteiger partial charge on any atom is -0.490 e.